The molecule has 306 valence electrons. The van der Waals surface area contributed by atoms with Gasteiger partial charge in [0.15, 0.2) is 5.82 Å². The lowest BCUT2D eigenvalue weighted by Gasteiger charge is -2.50. The molecule has 2 saturated heterocycles. The van der Waals surface area contributed by atoms with Gasteiger partial charge in [-0.2, -0.15) is 23.2 Å². The van der Waals surface area contributed by atoms with Gasteiger partial charge < -0.3 is 9.84 Å². The summed E-state index contributed by atoms with van der Waals surface area (Å²) in [5.41, 5.74) is 2.92. The SMILES string of the molecule is COc1ccc([C@@]23C(=O)N(Nc4ccc(Cl)cc4Cl)C(=O)[C@@H]2C[C@@H]2C(=CC[C@@H]4C(=O)N(N(C)c5nc(C(F)(F)F)ccc5Cl)C(=O)[C@@H]42)[C@@H]3c2cc(C)c(O)c(C)c2)cc1. The number of nitrogens with one attached hydrogen (secondary N) is 1. The number of nitrogens with zero attached hydrogens (tertiary/aromatic N) is 4. The van der Waals surface area contributed by atoms with Crippen LogP contribution in [0.15, 0.2) is 78.4 Å². The topological polar surface area (TPSA) is 132 Å². The van der Waals surface area contributed by atoms with Gasteiger partial charge in [0, 0.05) is 18.0 Å². The number of allylic oxidation sites excluding steroid dienone is 2. The molecule has 8 rings (SSSR count). The average Bonchev–Trinajstić information content (AvgIpc) is 3.57. The molecule has 0 bridgehead atoms. The summed E-state index contributed by atoms with van der Waals surface area (Å²) < 4.78 is 46.7. The molecule has 11 nitrogen and oxygen atoms in total. The molecule has 6 atom stereocenters. The number of hydrazine groups is 2. The lowest BCUT2D eigenvalue weighted by atomic mass is 9.49. The smallest absolute Gasteiger partial charge is 0.433 e. The van der Waals surface area contributed by atoms with Crippen molar-refractivity contribution in [1.29, 1.82) is 0 Å². The number of amides is 4. The number of fused-ring (bicyclic) bond motifs is 4. The fourth-order valence-electron chi connectivity index (χ4n) is 9.56. The molecule has 3 aromatic carbocycles. The molecule has 0 unspecified atom stereocenters. The Hall–Kier alpha value is -5.31. The zero-order valence-electron chi connectivity index (χ0n) is 31.8. The summed E-state index contributed by atoms with van der Waals surface area (Å²) in [6, 6.07) is 16.5. The molecule has 17 heteroatoms. The number of carbonyl (C=O) groups is 4. The largest absolute Gasteiger partial charge is 0.507 e. The van der Waals surface area contributed by atoms with Gasteiger partial charge >= 0.3 is 6.18 Å². The first kappa shape index (κ1) is 40.5. The summed E-state index contributed by atoms with van der Waals surface area (Å²) in [7, 11) is 2.74. The fourth-order valence-corrected chi connectivity index (χ4v) is 10.2. The van der Waals surface area contributed by atoms with E-state index < -0.39 is 76.3 Å². The van der Waals surface area contributed by atoms with Crippen LogP contribution in [-0.2, 0) is 30.8 Å². The summed E-state index contributed by atoms with van der Waals surface area (Å²) in [6.45, 7) is 3.43. The molecule has 2 aliphatic heterocycles. The number of aromatic hydroxyl groups is 1. The van der Waals surface area contributed by atoms with Crippen molar-refractivity contribution in [3.05, 3.63) is 121 Å². The van der Waals surface area contributed by atoms with E-state index in [4.69, 9.17) is 39.5 Å². The Balaban J connectivity index is 1.30. The van der Waals surface area contributed by atoms with Gasteiger partial charge in [0.2, 0.25) is 0 Å². The summed E-state index contributed by atoms with van der Waals surface area (Å²) in [6.07, 6.45) is -3.03. The molecule has 1 saturated carbocycles. The van der Waals surface area contributed by atoms with Gasteiger partial charge in [0.1, 0.15) is 17.2 Å². The third kappa shape index (κ3) is 6.21. The molecule has 1 aromatic heterocycles. The van der Waals surface area contributed by atoms with Gasteiger partial charge in [-0.15, -0.1) is 0 Å². The van der Waals surface area contributed by atoms with Crippen LogP contribution in [-0.4, -0.2) is 57.9 Å². The second-order valence-electron chi connectivity index (χ2n) is 15.2. The Bertz CT molecular complexity index is 2480. The number of aryl methyl sites for hydroxylation is 2. The van der Waals surface area contributed by atoms with E-state index in [0.717, 1.165) is 21.1 Å². The number of ether oxygens (including phenoxy) is 1. The number of benzene rings is 3. The van der Waals surface area contributed by atoms with Crippen LogP contribution in [0.2, 0.25) is 15.1 Å². The molecule has 2 N–H and O–H groups in total. The predicted molar refractivity (Wildman–Crippen MR) is 213 cm³/mol. The quantitative estimate of drug-likeness (QED) is 0.139. The van der Waals surface area contributed by atoms with Gasteiger partial charge in [-0.1, -0.05) is 70.7 Å². The van der Waals surface area contributed by atoms with Crippen LogP contribution in [0.5, 0.6) is 11.5 Å². The van der Waals surface area contributed by atoms with Crippen LogP contribution in [0.25, 0.3) is 0 Å². The number of hydrogen-bond acceptors (Lipinski definition) is 9. The monoisotopic (exact) mass is 867 g/mol. The second kappa shape index (κ2) is 14.5. The van der Waals surface area contributed by atoms with Crippen molar-refractivity contribution in [2.24, 2.45) is 23.7 Å². The van der Waals surface area contributed by atoms with E-state index in [1.54, 1.807) is 56.3 Å². The minimum atomic E-state index is -4.84. The van der Waals surface area contributed by atoms with Crippen LogP contribution >= 0.6 is 34.8 Å². The van der Waals surface area contributed by atoms with Crippen molar-refractivity contribution in [2.45, 2.75) is 44.2 Å². The number of pyridine rings is 1. The maximum atomic E-state index is 15.5. The number of phenols is 1. The van der Waals surface area contributed by atoms with Crippen molar-refractivity contribution < 1.29 is 42.2 Å². The van der Waals surface area contributed by atoms with Crippen molar-refractivity contribution in [3.63, 3.8) is 0 Å². The summed E-state index contributed by atoms with van der Waals surface area (Å²) >= 11 is 19.0. The van der Waals surface area contributed by atoms with Crippen LogP contribution < -0.4 is 15.2 Å². The summed E-state index contributed by atoms with van der Waals surface area (Å²) in [5.74, 6) is -7.48. The minimum absolute atomic E-state index is 0.0373. The maximum Gasteiger partial charge on any atom is 0.433 e. The van der Waals surface area contributed by atoms with Gasteiger partial charge in [0.25, 0.3) is 23.6 Å². The number of halogens is 6. The van der Waals surface area contributed by atoms with Gasteiger partial charge in [-0.3, -0.25) is 29.6 Å². The highest BCUT2D eigenvalue weighted by Gasteiger charge is 2.70. The first-order valence-electron chi connectivity index (χ1n) is 18.5. The maximum absolute atomic E-state index is 15.5. The second-order valence-corrected chi connectivity index (χ2v) is 16.5. The number of imide groups is 2. The van der Waals surface area contributed by atoms with E-state index in [9.17, 15) is 27.9 Å². The van der Waals surface area contributed by atoms with E-state index in [-0.39, 0.29) is 34.3 Å². The van der Waals surface area contributed by atoms with Crippen LogP contribution in [0, 0.1) is 37.5 Å². The minimum Gasteiger partial charge on any atom is -0.507 e. The average molecular weight is 869 g/mol. The number of phenolic OH excluding ortho intramolecular Hbond substituents is 1. The third-order valence-electron chi connectivity index (χ3n) is 12.1. The number of anilines is 2. The first-order valence-corrected chi connectivity index (χ1v) is 19.6. The van der Waals surface area contributed by atoms with Gasteiger partial charge in [-0.25, -0.2) is 4.98 Å². The Kier molecular flexibility index (Phi) is 9.91. The molecule has 4 aliphatic rings. The van der Waals surface area contributed by atoms with E-state index in [0.29, 0.717) is 44.7 Å². The van der Waals surface area contributed by atoms with E-state index in [2.05, 4.69) is 10.4 Å². The Morgan fingerprint density at radius 3 is 2.20 bits per heavy atom. The van der Waals surface area contributed by atoms with E-state index in [1.807, 2.05) is 6.08 Å². The third-order valence-corrected chi connectivity index (χ3v) is 13.0. The summed E-state index contributed by atoms with van der Waals surface area (Å²) in [5, 5.41) is 13.8. The van der Waals surface area contributed by atoms with E-state index >= 15 is 9.59 Å². The normalized spacial score (nSPS) is 25.1. The van der Waals surface area contributed by atoms with Gasteiger partial charge in [-0.05, 0) is 97.3 Å². The van der Waals surface area contributed by atoms with Crippen molar-refractivity contribution >= 4 is 69.9 Å². The first-order chi connectivity index (χ1) is 27.9. The standard InChI is InChI=1S/C42H35Cl3F3N5O6/c1-19-15-21(16-20(2)35(19)54)34-25-10-11-26-33(39(57)53(37(26)55)51(3)36-29(44)12-14-32(49-36)42(46,47)48)27(25)18-28-38(56)52(50-31-13-7-23(43)17-30(31)45)40(58)41(28,34)22-5-8-24(59-4)9-6-22/h5-10,12-17,26-28,33-34,50,54H,11,18H2,1-4H3/t26-,27+,28-,33-,34-,41+/m0/s1. The highest BCUT2D eigenvalue weighted by Crippen LogP contribution is 2.64. The Morgan fingerprint density at radius 1 is 0.898 bits per heavy atom. The summed E-state index contributed by atoms with van der Waals surface area (Å²) in [4.78, 5) is 63.2. The lowest BCUT2D eigenvalue weighted by Crippen LogP contribution is -2.53. The number of carbonyl (C=O) groups excluding carboxylic acids is 4. The van der Waals surface area contributed by atoms with Gasteiger partial charge in [0.05, 0.1) is 46.0 Å². The fraction of sp³-hybridized carbons (Fsp3) is 0.310. The molecule has 59 heavy (non-hydrogen) atoms. The Labute approximate surface area is 351 Å². The number of hydrogen-bond donors (Lipinski definition) is 2. The zero-order valence-corrected chi connectivity index (χ0v) is 34.0. The van der Waals surface area contributed by atoms with Crippen LogP contribution in [0.3, 0.4) is 0 Å². The van der Waals surface area contributed by atoms with Crippen molar-refractivity contribution in [1.82, 2.24) is 15.0 Å². The molecular formula is C42H35Cl3F3N5O6. The molecular weight excluding hydrogens is 834 g/mol. The zero-order chi connectivity index (χ0) is 42.5. The lowest BCUT2D eigenvalue weighted by molar-refractivity contribution is -0.142. The van der Waals surface area contributed by atoms with Crippen molar-refractivity contribution in [2.75, 3.05) is 24.6 Å². The molecule has 4 amide bonds. The van der Waals surface area contributed by atoms with Crippen LogP contribution in [0.1, 0.15) is 46.7 Å². The molecule has 0 radical (unpaired) electrons. The molecule has 3 heterocycles. The molecule has 3 fully saturated rings. The number of alkyl halides is 3. The highest BCUT2D eigenvalue weighted by atomic mass is 35.5. The van der Waals surface area contributed by atoms with Crippen molar-refractivity contribution in [3.8, 4) is 11.5 Å². The van der Waals surface area contributed by atoms with Crippen LogP contribution in [0.4, 0.5) is 24.7 Å². The molecule has 0 spiro atoms. The molecule has 2 aliphatic carbocycles. The number of rotatable bonds is 7. The number of methoxy groups -OCH3 is 1. The highest BCUT2D eigenvalue weighted by molar-refractivity contribution is 6.36. The predicted octanol–water partition coefficient (Wildman–Crippen LogP) is 8.43. The number of aromatic nitrogens is 1. The van der Waals surface area contributed by atoms with E-state index in [1.165, 1.54) is 26.3 Å². The molecule has 4 aromatic rings. The Morgan fingerprint density at radius 2 is 1.58 bits per heavy atom.